The average Bonchev–Trinajstić information content (AvgIpc) is 3.98. The van der Waals surface area contributed by atoms with Gasteiger partial charge in [-0.15, -0.1) is 0 Å². The highest BCUT2D eigenvalue weighted by atomic mass is 16.6. The first-order chi connectivity index (χ1) is 27.5. The van der Waals surface area contributed by atoms with Crippen molar-refractivity contribution in [3.8, 4) is 0 Å². The van der Waals surface area contributed by atoms with Crippen molar-refractivity contribution in [1.29, 1.82) is 0 Å². The van der Waals surface area contributed by atoms with E-state index in [4.69, 9.17) is 19.9 Å². The van der Waals surface area contributed by atoms with Gasteiger partial charge in [0, 0.05) is 61.7 Å². The number of hydrogen-bond acceptors (Lipinski definition) is 10. The Morgan fingerprint density at radius 1 is 0.783 bits per heavy atom. The highest BCUT2D eigenvalue weighted by molar-refractivity contribution is 5.92. The minimum Gasteiger partial charge on any atom is -0.452 e. The summed E-state index contributed by atoms with van der Waals surface area (Å²) in [4.78, 5) is 50.5. The maximum atomic E-state index is 12.2. The second-order valence-electron chi connectivity index (χ2n) is 16.3. The van der Waals surface area contributed by atoms with Gasteiger partial charge in [0.1, 0.15) is 11.2 Å². The van der Waals surface area contributed by atoms with Crippen LogP contribution < -0.4 is 30.7 Å². The maximum Gasteiger partial charge on any atom is 0.414 e. The number of anilines is 6. The number of aromatic amines is 1. The molecule has 0 radical (unpaired) electrons. The molecule has 4 heterocycles. The Kier molecular flexibility index (Phi) is 16.8. The van der Waals surface area contributed by atoms with Crippen LogP contribution in [0.25, 0.3) is 0 Å². The Morgan fingerprint density at radius 2 is 1.33 bits per heavy atom. The Labute approximate surface area is 357 Å². The summed E-state index contributed by atoms with van der Waals surface area (Å²) < 4.78 is 15.7. The minimum atomic E-state index is -0.472. The molecule has 7 rings (SSSR count). The number of fused-ring (bicyclic) bond motifs is 3. The van der Waals surface area contributed by atoms with Crippen LogP contribution in [0.5, 0.6) is 0 Å². The predicted octanol–water partition coefficient (Wildman–Crippen LogP) is 9.82. The number of hydrogen-bond donors (Lipinski definition) is 3. The number of nitrogens with one attached hydrogen (secondary N) is 2. The van der Waals surface area contributed by atoms with Crippen molar-refractivity contribution in [3.05, 3.63) is 89.5 Å². The van der Waals surface area contributed by atoms with Crippen LogP contribution in [-0.2, 0) is 40.0 Å². The van der Waals surface area contributed by atoms with E-state index < -0.39 is 11.2 Å². The van der Waals surface area contributed by atoms with Crippen LogP contribution >= 0.6 is 0 Å². The van der Waals surface area contributed by atoms with Crippen molar-refractivity contribution >= 4 is 52.4 Å². The molecule has 0 bridgehead atoms. The first kappa shape index (κ1) is 48.4. The van der Waals surface area contributed by atoms with E-state index in [2.05, 4.69) is 51.4 Å². The molecule has 0 atom stereocenters. The predicted molar refractivity (Wildman–Crippen MR) is 245 cm³/mol. The van der Waals surface area contributed by atoms with Gasteiger partial charge in [-0.05, 0) is 128 Å². The third-order valence-corrected chi connectivity index (χ3v) is 9.59. The number of nitrogen functional groups attached to an aromatic ring is 1. The number of methoxy groups -OCH3 is 1. The molecule has 0 unspecified atom stereocenters. The van der Waals surface area contributed by atoms with E-state index in [1.807, 2.05) is 85.0 Å². The maximum absolute atomic E-state index is 12.2. The molecule has 3 aromatic carbocycles. The number of rotatable bonds is 6. The number of ether oxygens (including phenoxy) is 3. The molecular weight excluding hydrogens is 761 g/mol. The molecule has 3 aliphatic heterocycles. The van der Waals surface area contributed by atoms with Gasteiger partial charge in [0.15, 0.2) is 0 Å². The molecule has 14 nitrogen and oxygen atoms in total. The standard InChI is InChI=1S/C16H20N4O2.C15H22N2O2.C13H18N2O2.2CH4/c1-3-20(16(21)22-2)14-5-4-12-6-7-19(15(12)8-14)10-13-9-17-11-18-13;1-5-16-12-7-6-11-8-9-17(13(11)10-12)14(18)19-15(2,3)4;1-13(2,3)17-12(16)15-7-6-9-4-5-10(14)8-11(9)15;;/h4-5,8-9,11H,3,6-7,10H2,1-2H3,(H,17,18);6-7,10,16H,5,8-9H2,1-4H3;4-5,8H,6-7,14H2,1-3H3;2*1H4. The highest BCUT2D eigenvalue weighted by Gasteiger charge is 2.30. The van der Waals surface area contributed by atoms with Crippen LogP contribution in [-0.4, -0.2) is 79.3 Å². The molecule has 60 heavy (non-hydrogen) atoms. The molecule has 1 aromatic heterocycles. The van der Waals surface area contributed by atoms with E-state index in [9.17, 15) is 14.4 Å². The number of H-pyrrole nitrogens is 1. The molecular formula is C46H68N8O6. The van der Waals surface area contributed by atoms with Crippen molar-refractivity contribution in [1.82, 2.24) is 9.97 Å². The average molecular weight is 829 g/mol. The molecule has 3 aliphatic rings. The van der Waals surface area contributed by atoms with Gasteiger partial charge in [-0.1, -0.05) is 33.1 Å². The number of carbonyl (C=O) groups excluding carboxylic acids is 3. The Morgan fingerprint density at radius 3 is 1.87 bits per heavy atom. The summed E-state index contributed by atoms with van der Waals surface area (Å²) in [7, 11) is 1.41. The van der Waals surface area contributed by atoms with Crippen LogP contribution in [0, 0.1) is 0 Å². The first-order valence-electron chi connectivity index (χ1n) is 20.0. The largest absolute Gasteiger partial charge is 0.452 e. The second-order valence-corrected chi connectivity index (χ2v) is 16.3. The second kappa shape index (κ2) is 20.9. The summed E-state index contributed by atoms with van der Waals surface area (Å²) >= 11 is 0. The van der Waals surface area contributed by atoms with E-state index in [-0.39, 0.29) is 33.1 Å². The number of aromatic nitrogens is 2. The number of nitrogens with two attached hydrogens (primary N) is 1. The van der Waals surface area contributed by atoms with Crippen molar-refractivity contribution in [2.24, 2.45) is 0 Å². The van der Waals surface area contributed by atoms with Crippen LogP contribution in [0.3, 0.4) is 0 Å². The topological polar surface area (TPSA) is 159 Å². The van der Waals surface area contributed by atoms with Crippen molar-refractivity contribution in [3.63, 3.8) is 0 Å². The van der Waals surface area contributed by atoms with Crippen molar-refractivity contribution in [2.45, 2.75) is 107 Å². The molecule has 0 aliphatic carbocycles. The molecule has 3 amide bonds. The van der Waals surface area contributed by atoms with Crippen molar-refractivity contribution < 1.29 is 28.6 Å². The third kappa shape index (κ3) is 12.5. The molecule has 0 saturated carbocycles. The molecule has 0 fully saturated rings. The lowest BCUT2D eigenvalue weighted by Gasteiger charge is -2.25. The zero-order valence-electron chi connectivity index (χ0n) is 35.5. The molecule has 328 valence electrons. The highest BCUT2D eigenvalue weighted by Crippen LogP contribution is 2.35. The van der Waals surface area contributed by atoms with Crippen LogP contribution in [0.1, 0.15) is 92.6 Å². The van der Waals surface area contributed by atoms with E-state index in [0.29, 0.717) is 25.3 Å². The van der Waals surface area contributed by atoms with Gasteiger partial charge in [-0.3, -0.25) is 14.7 Å². The lowest BCUT2D eigenvalue weighted by atomic mass is 10.1. The number of amides is 3. The van der Waals surface area contributed by atoms with Crippen LogP contribution in [0.4, 0.5) is 48.5 Å². The summed E-state index contributed by atoms with van der Waals surface area (Å²) in [6.45, 7) is 19.8. The fraction of sp³-hybridized carbons (Fsp3) is 0.478. The van der Waals surface area contributed by atoms with E-state index in [0.717, 1.165) is 72.9 Å². The minimum absolute atomic E-state index is 0. The SMILES string of the molecule is C.C.CC(C)(C)OC(=O)N1CCc2ccc(N)cc21.CCN(C(=O)OC)c1ccc2c(c1)N(Cc1cnc[nH]1)CC2.CCNc1ccc2c(c1)N(C(=O)OC(C)(C)C)CC2. The Bertz CT molecular complexity index is 2040. The fourth-order valence-electron chi connectivity index (χ4n) is 6.97. The Hall–Kier alpha value is -5.92. The van der Waals surface area contributed by atoms with Gasteiger partial charge in [-0.2, -0.15) is 0 Å². The number of imidazole rings is 1. The zero-order chi connectivity index (χ0) is 42.2. The zero-order valence-corrected chi connectivity index (χ0v) is 35.5. The lowest BCUT2D eigenvalue weighted by Crippen LogP contribution is -2.35. The van der Waals surface area contributed by atoms with Gasteiger partial charge in [0.2, 0.25) is 0 Å². The molecule has 14 heteroatoms. The van der Waals surface area contributed by atoms with E-state index in [1.54, 1.807) is 21.0 Å². The monoisotopic (exact) mass is 829 g/mol. The normalized spacial score (nSPS) is 13.4. The molecule has 4 N–H and O–H groups in total. The van der Waals surface area contributed by atoms with Gasteiger partial charge >= 0.3 is 18.3 Å². The number of benzene rings is 3. The third-order valence-electron chi connectivity index (χ3n) is 9.59. The van der Waals surface area contributed by atoms with Gasteiger partial charge in [-0.25, -0.2) is 19.4 Å². The molecule has 0 spiro atoms. The smallest absolute Gasteiger partial charge is 0.414 e. The van der Waals surface area contributed by atoms with Gasteiger partial charge < -0.3 is 35.1 Å². The van der Waals surface area contributed by atoms with Crippen molar-refractivity contribution in [2.75, 3.05) is 70.5 Å². The summed E-state index contributed by atoms with van der Waals surface area (Å²) in [5, 5.41) is 3.27. The quantitative estimate of drug-likeness (QED) is 0.126. The Balaban J connectivity index is 0.000000238. The number of nitrogens with zero attached hydrogens (tertiary/aromatic N) is 5. The lowest BCUT2D eigenvalue weighted by molar-refractivity contribution is 0.0573. The summed E-state index contributed by atoms with van der Waals surface area (Å²) in [5.41, 5.74) is 15.1. The summed E-state index contributed by atoms with van der Waals surface area (Å²) in [5.74, 6) is 0. The number of carbonyl (C=O) groups is 3. The van der Waals surface area contributed by atoms with Crippen LogP contribution in [0.15, 0.2) is 67.1 Å². The van der Waals surface area contributed by atoms with Gasteiger partial charge in [0.05, 0.1) is 37.1 Å². The first-order valence-corrected chi connectivity index (χ1v) is 20.0. The summed E-state index contributed by atoms with van der Waals surface area (Å²) in [6.07, 6.45) is 5.40. The molecule has 4 aromatic rings. The van der Waals surface area contributed by atoms with E-state index in [1.165, 1.54) is 23.9 Å². The van der Waals surface area contributed by atoms with Gasteiger partial charge in [0.25, 0.3) is 0 Å². The van der Waals surface area contributed by atoms with Crippen LogP contribution in [0.2, 0.25) is 0 Å². The summed E-state index contributed by atoms with van der Waals surface area (Å²) in [6, 6.07) is 18.0. The molecule has 0 saturated heterocycles. The fourth-order valence-corrected chi connectivity index (χ4v) is 6.97. The van der Waals surface area contributed by atoms with E-state index >= 15 is 0 Å².